The minimum Gasteiger partial charge on any atom is -0.507 e. The van der Waals surface area contributed by atoms with Gasteiger partial charge in [-0.25, -0.2) is 15.0 Å². The summed E-state index contributed by atoms with van der Waals surface area (Å²) < 4.78 is 17.2. The van der Waals surface area contributed by atoms with Crippen LogP contribution in [0.1, 0.15) is 59.3 Å². The maximum Gasteiger partial charge on any atom is 0.167 e. The van der Waals surface area contributed by atoms with Crippen molar-refractivity contribution >= 4 is 0 Å². The molecule has 1 heterocycles. The lowest BCUT2D eigenvalue weighted by Gasteiger charge is -2.13. The number of nitrogens with zero attached hydrogens (tertiary/aromatic N) is 3. The normalized spacial score (nSPS) is 10.9. The Morgan fingerprint density at radius 2 is 0.762 bits per heavy atom. The molecule has 0 saturated carbocycles. The second kappa shape index (κ2) is 14.9. The summed E-state index contributed by atoms with van der Waals surface area (Å²) in [7, 11) is 0. The van der Waals surface area contributed by atoms with Gasteiger partial charge in [0.25, 0.3) is 0 Å². The van der Waals surface area contributed by atoms with Crippen LogP contribution in [0.4, 0.5) is 0 Å². The van der Waals surface area contributed by atoms with Crippen molar-refractivity contribution in [3.05, 3.63) is 54.6 Å². The Hall–Kier alpha value is -4.53. The number of hydrogen-bond acceptors (Lipinski definition) is 9. The Morgan fingerprint density at radius 3 is 1.00 bits per heavy atom. The molecule has 222 valence electrons. The van der Waals surface area contributed by atoms with E-state index in [1.165, 1.54) is 18.2 Å². The molecule has 0 aliphatic carbocycles. The van der Waals surface area contributed by atoms with E-state index in [1.807, 2.05) is 0 Å². The van der Waals surface area contributed by atoms with Gasteiger partial charge in [0.05, 0.1) is 36.5 Å². The van der Waals surface area contributed by atoms with E-state index < -0.39 is 0 Å². The standard InChI is InChI=1S/C33H39N3O6/c1-4-7-16-40-22-10-13-25(28(37)19-22)31-34-32(26-14-11-23(20-29(26)38)41-17-8-5-2)36-33(35-31)27-15-12-24(21-30(27)39)42-18-9-6-3/h10-15,19-21,37-39H,4-9,16-18H2,1-3H3. The number of phenols is 3. The summed E-state index contributed by atoms with van der Waals surface area (Å²) >= 11 is 0. The lowest BCUT2D eigenvalue weighted by molar-refractivity contribution is 0.307. The lowest BCUT2D eigenvalue weighted by atomic mass is 10.1. The van der Waals surface area contributed by atoms with Crippen molar-refractivity contribution < 1.29 is 29.5 Å². The molecule has 0 spiro atoms. The highest BCUT2D eigenvalue weighted by molar-refractivity contribution is 5.74. The van der Waals surface area contributed by atoms with E-state index in [0.29, 0.717) is 53.8 Å². The number of aromatic hydroxyl groups is 3. The summed E-state index contributed by atoms with van der Waals surface area (Å²) in [5.74, 6) is 1.89. The number of unbranched alkanes of at least 4 members (excludes halogenated alkanes) is 3. The molecular formula is C33H39N3O6. The molecule has 0 bridgehead atoms. The monoisotopic (exact) mass is 573 g/mol. The Morgan fingerprint density at radius 1 is 0.476 bits per heavy atom. The minimum atomic E-state index is -0.0695. The van der Waals surface area contributed by atoms with Gasteiger partial charge in [0.15, 0.2) is 17.5 Å². The minimum absolute atomic E-state index is 0.0695. The average Bonchev–Trinajstić information content (AvgIpc) is 2.97. The van der Waals surface area contributed by atoms with Crippen LogP contribution in [0, 0.1) is 0 Å². The van der Waals surface area contributed by atoms with Crippen LogP contribution >= 0.6 is 0 Å². The van der Waals surface area contributed by atoms with Crippen molar-refractivity contribution in [1.29, 1.82) is 0 Å². The summed E-state index contributed by atoms with van der Waals surface area (Å²) in [5, 5.41) is 32.7. The van der Waals surface area contributed by atoms with E-state index in [2.05, 4.69) is 35.7 Å². The van der Waals surface area contributed by atoms with Crippen molar-refractivity contribution in [2.24, 2.45) is 0 Å². The molecule has 9 heteroatoms. The highest BCUT2D eigenvalue weighted by Crippen LogP contribution is 2.37. The van der Waals surface area contributed by atoms with Crippen molar-refractivity contribution in [2.75, 3.05) is 19.8 Å². The smallest absolute Gasteiger partial charge is 0.167 e. The lowest BCUT2D eigenvalue weighted by Crippen LogP contribution is -2.02. The summed E-state index contributed by atoms with van der Waals surface area (Å²) in [6.07, 6.45) is 5.70. The largest absolute Gasteiger partial charge is 0.507 e. The van der Waals surface area contributed by atoms with Gasteiger partial charge in [-0.1, -0.05) is 40.0 Å². The molecule has 1 aromatic heterocycles. The molecule has 0 amide bonds. The van der Waals surface area contributed by atoms with E-state index in [9.17, 15) is 15.3 Å². The van der Waals surface area contributed by atoms with Gasteiger partial charge in [0.1, 0.15) is 34.5 Å². The van der Waals surface area contributed by atoms with Crippen LogP contribution in [0.25, 0.3) is 34.2 Å². The molecule has 4 rings (SSSR count). The predicted molar refractivity (Wildman–Crippen MR) is 162 cm³/mol. The van der Waals surface area contributed by atoms with Gasteiger partial charge in [-0.05, 0) is 55.7 Å². The van der Waals surface area contributed by atoms with E-state index >= 15 is 0 Å². The van der Waals surface area contributed by atoms with Gasteiger partial charge in [0.2, 0.25) is 0 Å². The molecule has 0 fully saturated rings. The molecule has 0 aliphatic rings. The second-order valence-electron chi connectivity index (χ2n) is 9.95. The van der Waals surface area contributed by atoms with Gasteiger partial charge in [-0.2, -0.15) is 0 Å². The van der Waals surface area contributed by atoms with Crippen LogP contribution in [0.15, 0.2) is 54.6 Å². The van der Waals surface area contributed by atoms with E-state index in [1.54, 1.807) is 36.4 Å². The SMILES string of the molecule is CCCCOc1ccc(-c2nc(-c3ccc(OCCCC)cc3O)nc(-c3ccc(OCCCC)cc3O)n2)c(O)c1. The zero-order chi connectivity index (χ0) is 29.9. The first-order valence-electron chi connectivity index (χ1n) is 14.6. The fourth-order valence-corrected chi connectivity index (χ4v) is 4.11. The molecule has 0 unspecified atom stereocenters. The zero-order valence-corrected chi connectivity index (χ0v) is 24.5. The van der Waals surface area contributed by atoms with Crippen molar-refractivity contribution in [2.45, 2.75) is 59.3 Å². The first-order chi connectivity index (χ1) is 20.4. The van der Waals surface area contributed by atoms with E-state index in [4.69, 9.17) is 14.2 Å². The quantitative estimate of drug-likeness (QED) is 0.124. The molecule has 0 aliphatic heterocycles. The molecule has 3 N–H and O–H groups in total. The first kappa shape index (κ1) is 30.4. The summed E-state index contributed by atoms with van der Waals surface area (Å²) in [6, 6.07) is 14.8. The van der Waals surface area contributed by atoms with Crippen LogP contribution in [-0.2, 0) is 0 Å². The third kappa shape index (κ3) is 7.81. The molecule has 9 nitrogen and oxygen atoms in total. The van der Waals surface area contributed by atoms with Crippen LogP contribution in [0.2, 0.25) is 0 Å². The average molecular weight is 574 g/mol. The van der Waals surface area contributed by atoms with Gasteiger partial charge in [-0.15, -0.1) is 0 Å². The number of ether oxygens (including phenoxy) is 3. The maximum atomic E-state index is 10.9. The Balaban J connectivity index is 1.76. The third-order valence-corrected chi connectivity index (χ3v) is 6.57. The number of aromatic nitrogens is 3. The van der Waals surface area contributed by atoms with E-state index in [0.717, 1.165) is 38.5 Å². The molecular weight excluding hydrogens is 534 g/mol. The van der Waals surface area contributed by atoms with Crippen LogP contribution in [-0.4, -0.2) is 50.1 Å². The molecule has 3 aromatic carbocycles. The van der Waals surface area contributed by atoms with Crippen molar-refractivity contribution in [1.82, 2.24) is 15.0 Å². The number of hydrogen-bond donors (Lipinski definition) is 3. The van der Waals surface area contributed by atoms with Crippen molar-refractivity contribution in [3.63, 3.8) is 0 Å². The summed E-state index contributed by atoms with van der Waals surface area (Å²) in [4.78, 5) is 13.8. The Kier molecular flexibility index (Phi) is 10.8. The van der Waals surface area contributed by atoms with Crippen molar-refractivity contribution in [3.8, 4) is 68.7 Å². The molecule has 0 atom stereocenters. The third-order valence-electron chi connectivity index (χ3n) is 6.57. The molecule has 0 saturated heterocycles. The number of phenolic OH excluding ortho intramolecular Hbond substituents is 3. The Bertz CT molecular complexity index is 1290. The fraction of sp³-hybridized carbons (Fsp3) is 0.364. The van der Waals surface area contributed by atoms with Crippen LogP contribution in [0.5, 0.6) is 34.5 Å². The van der Waals surface area contributed by atoms with Gasteiger partial charge in [-0.3, -0.25) is 0 Å². The molecule has 4 aromatic rings. The summed E-state index contributed by atoms with van der Waals surface area (Å²) in [5.41, 5.74) is 1.04. The zero-order valence-electron chi connectivity index (χ0n) is 24.5. The van der Waals surface area contributed by atoms with Crippen LogP contribution in [0.3, 0.4) is 0 Å². The molecule has 42 heavy (non-hydrogen) atoms. The number of benzene rings is 3. The van der Waals surface area contributed by atoms with E-state index in [-0.39, 0.29) is 34.7 Å². The molecule has 0 radical (unpaired) electrons. The van der Waals surface area contributed by atoms with Gasteiger partial charge < -0.3 is 29.5 Å². The predicted octanol–water partition coefficient (Wildman–Crippen LogP) is 7.53. The van der Waals surface area contributed by atoms with Gasteiger partial charge >= 0.3 is 0 Å². The number of rotatable bonds is 15. The maximum absolute atomic E-state index is 10.9. The first-order valence-corrected chi connectivity index (χ1v) is 14.6. The summed E-state index contributed by atoms with van der Waals surface area (Å²) in [6.45, 7) is 7.87. The van der Waals surface area contributed by atoms with Crippen LogP contribution < -0.4 is 14.2 Å². The van der Waals surface area contributed by atoms with Gasteiger partial charge in [0, 0.05) is 18.2 Å². The topological polar surface area (TPSA) is 127 Å². The highest BCUT2D eigenvalue weighted by Gasteiger charge is 2.19. The highest BCUT2D eigenvalue weighted by atomic mass is 16.5. The second-order valence-corrected chi connectivity index (χ2v) is 9.95. The Labute approximate surface area is 246 Å². The fourth-order valence-electron chi connectivity index (χ4n) is 4.11.